The van der Waals surface area contributed by atoms with Crippen LogP contribution in [0.3, 0.4) is 0 Å². The Morgan fingerprint density at radius 1 is 1.19 bits per heavy atom. The summed E-state index contributed by atoms with van der Waals surface area (Å²) >= 11 is 0. The van der Waals surface area contributed by atoms with Crippen molar-refractivity contribution >= 4 is 12.4 Å². The fraction of sp³-hybridized carbons (Fsp3) is 0.538. The molecule has 0 atom stereocenters. The van der Waals surface area contributed by atoms with Gasteiger partial charge in [-0.25, -0.2) is 0 Å². The molecule has 1 aliphatic rings. The number of aryl methyl sites for hydroxylation is 2. The van der Waals surface area contributed by atoms with Crippen molar-refractivity contribution in [3.63, 3.8) is 0 Å². The Bertz CT molecular complexity index is 337. The van der Waals surface area contributed by atoms with Crippen LogP contribution in [0.1, 0.15) is 30.5 Å². The predicted molar refractivity (Wildman–Crippen MR) is 71.2 cm³/mol. The van der Waals surface area contributed by atoms with Gasteiger partial charge in [0.15, 0.2) is 0 Å². The number of hydrogen-bond acceptors (Lipinski definition) is 2. The van der Waals surface area contributed by atoms with E-state index < -0.39 is 0 Å². The molecule has 2 nitrogen and oxygen atoms in total. The van der Waals surface area contributed by atoms with Crippen LogP contribution in [-0.4, -0.2) is 13.1 Å². The topological polar surface area (TPSA) is 38.0 Å². The van der Waals surface area contributed by atoms with Gasteiger partial charge in [-0.05, 0) is 29.5 Å². The minimum atomic E-state index is -0.113. The van der Waals surface area contributed by atoms with Gasteiger partial charge < -0.3 is 11.1 Å². The van der Waals surface area contributed by atoms with Crippen LogP contribution in [0.2, 0.25) is 0 Å². The Kier molecular flexibility index (Phi) is 4.36. The van der Waals surface area contributed by atoms with E-state index in [0.29, 0.717) is 0 Å². The van der Waals surface area contributed by atoms with Crippen LogP contribution >= 0.6 is 12.4 Å². The molecule has 1 aromatic carbocycles. The zero-order chi connectivity index (χ0) is 10.9. The molecule has 0 aromatic heterocycles. The van der Waals surface area contributed by atoms with E-state index in [1.807, 2.05) is 0 Å². The van der Waals surface area contributed by atoms with Crippen molar-refractivity contribution in [1.82, 2.24) is 5.32 Å². The summed E-state index contributed by atoms with van der Waals surface area (Å²) in [6, 6.07) is 6.57. The molecular formula is C13H21ClN2. The third-order valence-corrected chi connectivity index (χ3v) is 3.38. The lowest BCUT2D eigenvalue weighted by atomic mass is 9.78. The number of benzene rings is 1. The number of halogens is 1. The molecule has 3 N–H and O–H groups in total. The summed E-state index contributed by atoms with van der Waals surface area (Å²) in [7, 11) is 0. The quantitative estimate of drug-likeness (QED) is 0.848. The first-order valence-electron chi connectivity index (χ1n) is 5.82. The van der Waals surface area contributed by atoms with E-state index in [1.54, 1.807) is 0 Å². The maximum Gasteiger partial charge on any atom is 0.0667 e. The van der Waals surface area contributed by atoms with Crippen molar-refractivity contribution < 1.29 is 0 Å². The monoisotopic (exact) mass is 240 g/mol. The van der Waals surface area contributed by atoms with E-state index in [1.165, 1.54) is 16.7 Å². The zero-order valence-corrected chi connectivity index (χ0v) is 10.9. The van der Waals surface area contributed by atoms with E-state index in [4.69, 9.17) is 5.73 Å². The highest BCUT2D eigenvalue weighted by Crippen LogP contribution is 2.30. The average Bonchev–Trinajstić information content (AvgIpc) is 2.24. The lowest BCUT2D eigenvalue weighted by Crippen LogP contribution is -2.63. The first-order valence-corrected chi connectivity index (χ1v) is 5.82. The molecule has 90 valence electrons. The summed E-state index contributed by atoms with van der Waals surface area (Å²) in [6.07, 6.45) is 2.14. The van der Waals surface area contributed by atoms with Crippen molar-refractivity contribution in [2.24, 2.45) is 5.73 Å². The van der Waals surface area contributed by atoms with Gasteiger partial charge in [0.2, 0.25) is 0 Å². The predicted octanol–water partition coefficient (Wildman–Crippen LogP) is 1.99. The lowest BCUT2D eigenvalue weighted by molar-refractivity contribution is 0.283. The first kappa shape index (κ1) is 13.5. The van der Waals surface area contributed by atoms with Gasteiger partial charge >= 0.3 is 0 Å². The first-order chi connectivity index (χ1) is 7.21. The van der Waals surface area contributed by atoms with Crippen molar-refractivity contribution in [1.29, 1.82) is 0 Å². The number of hydrogen-bond donors (Lipinski definition) is 2. The van der Waals surface area contributed by atoms with Crippen LogP contribution in [0.25, 0.3) is 0 Å². The molecule has 1 aliphatic heterocycles. The summed E-state index contributed by atoms with van der Waals surface area (Å²) in [5, 5.41) is 3.28. The third kappa shape index (κ3) is 2.10. The molecule has 0 bridgehead atoms. The Morgan fingerprint density at radius 2 is 1.69 bits per heavy atom. The molecule has 1 aromatic rings. The second kappa shape index (κ2) is 5.17. The van der Waals surface area contributed by atoms with Crippen LogP contribution in [-0.2, 0) is 18.4 Å². The Labute approximate surface area is 104 Å². The highest BCUT2D eigenvalue weighted by molar-refractivity contribution is 5.85. The molecule has 1 heterocycles. The van der Waals surface area contributed by atoms with E-state index in [0.717, 1.165) is 25.9 Å². The molecule has 0 unspecified atom stereocenters. The van der Waals surface area contributed by atoms with Gasteiger partial charge in [0.05, 0.1) is 5.54 Å². The van der Waals surface area contributed by atoms with Gasteiger partial charge in [-0.3, -0.25) is 0 Å². The van der Waals surface area contributed by atoms with E-state index in [9.17, 15) is 0 Å². The van der Waals surface area contributed by atoms with Gasteiger partial charge in [0.25, 0.3) is 0 Å². The average molecular weight is 241 g/mol. The van der Waals surface area contributed by atoms with Crippen molar-refractivity contribution in [3.8, 4) is 0 Å². The number of nitrogens with one attached hydrogen (secondary N) is 1. The minimum absolute atomic E-state index is 0. The van der Waals surface area contributed by atoms with Gasteiger partial charge in [0, 0.05) is 13.1 Å². The molecule has 0 radical (unpaired) electrons. The molecule has 2 rings (SSSR count). The maximum atomic E-state index is 6.41. The highest BCUT2D eigenvalue weighted by Gasteiger charge is 2.37. The number of rotatable bonds is 3. The summed E-state index contributed by atoms with van der Waals surface area (Å²) < 4.78 is 0. The molecule has 1 saturated heterocycles. The van der Waals surface area contributed by atoms with Crippen LogP contribution in [0, 0.1) is 0 Å². The van der Waals surface area contributed by atoms with Gasteiger partial charge in [-0.15, -0.1) is 12.4 Å². The maximum absolute atomic E-state index is 6.41. The molecule has 3 heteroatoms. The van der Waals surface area contributed by atoms with E-state index in [-0.39, 0.29) is 17.9 Å². The SMILES string of the molecule is CCc1cccc(CC)c1C1(N)CNC1.Cl. The summed E-state index contributed by atoms with van der Waals surface area (Å²) in [4.78, 5) is 0. The third-order valence-electron chi connectivity index (χ3n) is 3.38. The summed E-state index contributed by atoms with van der Waals surface area (Å²) in [5.74, 6) is 0. The fourth-order valence-electron chi connectivity index (χ4n) is 2.45. The van der Waals surface area contributed by atoms with E-state index >= 15 is 0 Å². The second-order valence-electron chi connectivity index (χ2n) is 4.42. The molecular weight excluding hydrogens is 220 g/mol. The normalized spacial score (nSPS) is 17.4. The fourth-order valence-corrected chi connectivity index (χ4v) is 2.45. The second-order valence-corrected chi connectivity index (χ2v) is 4.42. The van der Waals surface area contributed by atoms with Crippen molar-refractivity contribution in [2.45, 2.75) is 32.2 Å². The largest absolute Gasteiger partial charge is 0.319 e. The molecule has 0 aliphatic carbocycles. The Hall–Kier alpha value is -0.570. The Balaban J connectivity index is 0.00000128. The number of nitrogens with two attached hydrogens (primary N) is 1. The standard InChI is InChI=1S/C13H20N2.ClH/c1-3-10-6-5-7-11(4-2)12(10)13(14)8-15-9-13;/h5-7,15H,3-4,8-9,14H2,1-2H3;1H. The van der Waals surface area contributed by atoms with E-state index in [2.05, 4.69) is 37.4 Å². The molecule has 16 heavy (non-hydrogen) atoms. The molecule has 0 amide bonds. The molecule has 1 fully saturated rings. The zero-order valence-electron chi connectivity index (χ0n) is 10.0. The molecule has 0 saturated carbocycles. The summed E-state index contributed by atoms with van der Waals surface area (Å²) in [6.45, 7) is 6.23. The van der Waals surface area contributed by atoms with Crippen LogP contribution < -0.4 is 11.1 Å². The highest BCUT2D eigenvalue weighted by atomic mass is 35.5. The lowest BCUT2D eigenvalue weighted by Gasteiger charge is -2.42. The van der Waals surface area contributed by atoms with Gasteiger partial charge in [0.1, 0.15) is 0 Å². The Morgan fingerprint density at radius 3 is 2.00 bits per heavy atom. The van der Waals surface area contributed by atoms with Crippen molar-refractivity contribution in [3.05, 3.63) is 34.9 Å². The van der Waals surface area contributed by atoms with Crippen LogP contribution in [0.15, 0.2) is 18.2 Å². The summed E-state index contributed by atoms with van der Waals surface area (Å²) in [5.41, 5.74) is 10.5. The van der Waals surface area contributed by atoms with Gasteiger partial charge in [-0.1, -0.05) is 32.0 Å². The van der Waals surface area contributed by atoms with Gasteiger partial charge in [-0.2, -0.15) is 0 Å². The minimum Gasteiger partial charge on any atom is -0.319 e. The molecule has 0 spiro atoms. The smallest absolute Gasteiger partial charge is 0.0667 e. The van der Waals surface area contributed by atoms with Crippen LogP contribution in [0.4, 0.5) is 0 Å². The van der Waals surface area contributed by atoms with Crippen molar-refractivity contribution in [2.75, 3.05) is 13.1 Å². The van der Waals surface area contributed by atoms with Crippen LogP contribution in [0.5, 0.6) is 0 Å².